The average Bonchev–Trinajstić information content (AvgIpc) is 2.70. The van der Waals surface area contributed by atoms with Gasteiger partial charge in [0.25, 0.3) is 0 Å². The lowest BCUT2D eigenvalue weighted by Gasteiger charge is -2.29. The molecular formula is C13H23N3O5. The van der Waals surface area contributed by atoms with Crippen LogP contribution in [-0.4, -0.2) is 60.3 Å². The van der Waals surface area contributed by atoms with Crippen LogP contribution in [-0.2, 0) is 14.3 Å². The van der Waals surface area contributed by atoms with Gasteiger partial charge in [-0.1, -0.05) is 13.8 Å². The lowest BCUT2D eigenvalue weighted by molar-refractivity contribution is -0.148. The molecular weight excluding hydrogens is 278 g/mol. The highest BCUT2D eigenvalue weighted by molar-refractivity contribution is 5.84. The second-order valence-corrected chi connectivity index (χ2v) is 5.98. The highest BCUT2D eigenvalue weighted by atomic mass is 16.5. The van der Waals surface area contributed by atoms with Crippen molar-refractivity contribution in [2.75, 3.05) is 26.3 Å². The van der Waals surface area contributed by atoms with Crippen LogP contribution in [0.25, 0.3) is 0 Å². The van der Waals surface area contributed by atoms with Crippen LogP contribution in [0, 0.1) is 11.3 Å². The molecule has 1 heterocycles. The minimum Gasteiger partial charge on any atom is -0.481 e. The first-order valence-electron chi connectivity index (χ1n) is 6.81. The molecule has 4 N–H and O–H groups in total. The van der Waals surface area contributed by atoms with Crippen LogP contribution in [0.1, 0.15) is 20.8 Å². The van der Waals surface area contributed by atoms with Gasteiger partial charge in [0.05, 0.1) is 19.3 Å². The number of nitrogens with two attached hydrogens (primary N) is 1. The summed E-state index contributed by atoms with van der Waals surface area (Å²) in [5.74, 6) is -1.49. The Morgan fingerprint density at radius 2 is 2.10 bits per heavy atom. The largest absolute Gasteiger partial charge is 0.481 e. The Balaban J connectivity index is 2.76. The fraction of sp³-hybridized carbons (Fsp3) is 0.769. The van der Waals surface area contributed by atoms with Crippen molar-refractivity contribution in [2.24, 2.45) is 17.1 Å². The Morgan fingerprint density at radius 3 is 2.57 bits per heavy atom. The lowest BCUT2D eigenvalue weighted by atomic mass is 9.85. The first kappa shape index (κ1) is 17.2. The zero-order chi connectivity index (χ0) is 16.2. The lowest BCUT2D eigenvalue weighted by Crippen LogP contribution is -2.55. The number of carbonyl (C=O) groups is 3. The third-order valence-corrected chi connectivity index (χ3v) is 3.46. The molecule has 3 amide bonds. The SMILES string of the molecule is CC(C)CN(CC(N)=O)C(=O)NC1COCC1(C)C(=O)O. The van der Waals surface area contributed by atoms with E-state index in [4.69, 9.17) is 10.5 Å². The Hall–Kier alpha value is -1.83. The summed E-state index contributed by atoms with van der Waals surface area (Å²) in [6, 6.07) is -1.16. The molecule has 120 valence electrons. The maximum absolute atomic E-state index is 12.2. The zero-order valence-corrected chi connectivity index (χ0v) is 12.6. The summed E-state index contributed by atoms with van der Waals surface area (Å²) < 4.78 is 5.17. The van der Waals surface area contributed by atoms with Gasteiger partial charge in [-0.3, -0.25) is 9.59 Å². The molecule has 1 aliphatic heterocycles. The van der Waals surface area contributed by atoms with E-state index in [1.807, 2.05) is 13.8 Å². The Morgan fingerprint density at radius 1 is 1.48 bits per heavy atom. The van der Waals surface area contributed by atoms with Gasteiger partial charge in [-0.05, 0) is 12.8 Å². The molecule has 2 atom stereocenters. The topological polar surface area (TPSA) is 122 Å². The number of carbonyl (C=O) groups excluding carboxylic acids is 2. The van der Waals surface area contributed by atoms with Crippen molar-refractivity contribution in [3.8, 4) is 0 Å². The predicted molar refractivity (Wildman–Crippen MR) is 74.5 cm³/mol. The number of hydrogen-bond acceptors (Lipinski definition) is 4. The number of primary amides is 1. The number of nitrogens with one attached hydrogen (secondary N) is 1. The molecule has 8 nitrogen and oxygen atoms in total. The second kappa shape index (κ2) is 6.75. The van der Waals surface area contributed by atoms with Crippen LogP contribution in [0.3, 0.4) is 0 Å². The average molecular weight is 301 g/mol. The van der Waals surface area contributed by atoms with E-state index in [0.29, 0.717) is 6.54 Å². The third kappa shape index (κ3) is 4.32. The van der Waals surface area contributed by atoms with Gasteiger partial charge in [0.1, 0.15) is 12.0 Å². The Labute approximate surface area is 123 Å². The van der Waals surface area contributed by atoms with Crippen molar-refractivity contribution in [1.82, 2.24) is 10.2 Å². The number of amides is 3. The first-order chi connectivity index (χ1) is 9.66. The standard InChI is InChI=1S/C13H23N3O5/c1-8(2)4-16(5-10(14)17)12(20)15-9-6-21-7-13(9,3)11(18)19/h8-9H,4-7H2,1-3H3,(H2,14,17)(H,15,20)(H,18,19). The molecule has 2 unspecified atom stereocenters. The monoisotopic (exact) mass is 301 g/mol. The van der Waals surface area contributed by atoms with Crippen molar-refractivity contribution in [1.29, 1.82) is 0 Å². The summed E-state index contributed by atoms with van der Waals surface area (Å²) in [5.41, 5.74) is 3.96. The number of carboxylic acids is 1. The Kier molecular flexibility index (Phi) is 5.54. The molecule has 0 aromatic rings. The molecule has 8 heteroatoms. The second-order valence-electron chi connectivity index (χ2n) is 5.98. The molecule has 0 aromatic heterocycles. The van der Waals surface area contributed by atoms with E-state index in [-0.39, 0.29) is 25.7 Å². The molecule has 0 bridgehead atoms. The molecule has 21 heavy (non-hydrogen) atoms. The molecule has 1 saturated heterocycles. The number of aliphatic carboxylic acids is 1. The summed E-state index contributed by atoms with van der Waals surface area (Å²) in [6.07, 6.45) is 0. The third-order valence-electron chi connectivity index (χ3n) is 3.46. The van der Waals surface area contributed by atoms with Crippen LogP contribution in [0.15, 0.2) is 0 Å². The summed E-state index contributed by atoms with van der Waals surface area (Å²) in [6.45, 7) is 5.64. The quantitative estimate of drug-likeness (QED) is 0.618. The molecule has 0 aliphatic carbocycles. The zero-order valence-electron chi connectivity index (χ0n) is 12.6. The maximum atomic E-state index is 12.2. The molecule has 0 saturated carbocycles. The van der Waals surface area contributed by atoms with Crippen molar-refractivity contribution in [2.45, 2.75) is 26.8 Å². The van der Waals surface area contributed by atoms with E-state index >= 15 is 0 Å². The number of ether oxygens (including phenoxy) is 1. The summed E-state index contributed by atoms with van der Waals surface area (Å²) in [7, 11) is 0. The van der Waals surface area contributed by atoms with Gasteiger partial charge < -0.3 is 25.8 Å². The molecule has 1 rings (SSSR count). The predicted octanol–water partition coefficient (Wildman–Crippen LogP) is -0.371. The Bertz CT molecular complexity index is 426. The number of carboxylic acid groups (broad SMARTS) is 1. The van der Waals surface area contributed by atoms with E-state index in [1.165, 1.54) is 11.8 Å². The van der Waals surface area contributed by atoms with Crippen LogP contribution >= 0.6 is 0 Å². The maximum Gasteiger partial charge on any atom is 0.318 e. The number of rotatable bonds is 6. The fourth-order valence-corrected chi connectivity index (χ4v) is 2.17. The van der Waals surface area contributed by atoms with E-state index in [0.717, 1.165) is 0 Å². The molecule has 0 radical (unpaired) electrons. The van der Waals surface area contributed by atoms with Gasteiger partial charge >= 0.3 is 12.0 Å². The van der Waals surface area contributed by atoms with Crippen molar-refractivity contribution < 1.29 is 24.2 Å². The van der Waals surface area contributed by atoms with Crippen molar-refractivity contribution in [3.05, 3.63) is 0 Å². The number of nitrogens with zero attached hydrogens (tertiary/aromatic N) is 1. The first-order valence-corrected chi connectivity index (χ1v) is 6.81. The van der Waals surface area contributed by atoms with Crippen LogP contribution < -0.4 is 11.1 Å². The minimum absolute atomic E-state index is 0.0350. The summed E-state index contributed by atoms with van der Waals surface area (Å²) in [5, 5.41) is 11.9. The van der Waals surface area contributed by atoms with E-state index in [1.54, 1.807) is 0 Å². The number of hydrogen-bond donors (Lipinski definition) is 3. The smallest absolute Gasteiger partial charge is 0.318 e. The van der Waals surface area contributed by atoms with E-state index in [9.17, 15) is 19.5 Å². The van der Waals surface area contributed by atoms with Crippen molar-refractivity contribution >= 4 is 17.9 Å². The highest BCUT2D eigenvalue weighted by Gasteiger charge is 2.47. The van der Waals surface area contributed by atoms with Gasteiger partial charge in [-0.25, -0.2) is 4.79 Å². The number of urea groups is 1. The summed E-state index contributed by atoms with van der Waals surface area (Å²) in [4.78, 5) is 35.9. The molecule has 0 spiro atoms. The van der Waals surface area contributed by atoms with Crippen LogP contribution in [0.2, 0.25) is 0 Å². The van der Waals surface area contributed by atoms with Gasteiger partial charge in [0.2, 0.25) is 5.91 Å². The molecule has 1 fully saturated rings. The fourth-order valence-electron chi connectivity index (χ4n) is 2.17. The minimum atomic E-state index is -1.17. The van der Waals surface area contributed by atoms with E-state index < -0.39 is 29.4 Å². The summed E-state index contributed by atoms with van der Waals surface area (Å²) >= 11 is 0. The molecule has 1 aliphatic rings. The van der Waals surface area contributed by atoms with Crippen LogP contribution in [0.4, 0.5) is 4.79 Å². The molecule has 0 aromatic carbocycles. The van der Waals surface area contributed by atoms with Gasteiger partial charge in [-0.2, -0.15) is 0 Å². The van der Waals surface area contributed by atoms with Gasteiger partial charge in [0, 0.05) is 6.54 Å². The highest BCUT2D eigenvalue weighted by Crippen LogP contribution is 2.28. The van der Waals surface area contributed by atoms with E-state index in [2.05, 4.69) is 5.32 Å². The van der Waals surface area contributed by atoms with Gasteiger partial charge in [-0.15, -0.1) is 0 Å². The van der Waals surface area contributed by atoms with Crippen LogP contribution in [0.5, 0.6) is 0 Å². The van der Waals surface area contributed by atoms with Gasteiger partial charge in [0.15, 0.2) is 0 Å². The van der Waals surface area contributed by atoms with Crippen molar-refractivity contribution in [3.63, 3.8) is 0 Å². The normalized spacial score (nSPS) is 24.9.